The zero-order valence-electron chi connectivity index (χ0n) is 11.1. The van der Waals surface area contributed by atoms with E-state index in [0.29, 0.717) is 0 Å². The number of hydrogen-bond acceptors (Lipinski definition) is 3. The first-order valence-electron chi connectivity index (χ1n) is 6.11. The number of carboxylic acids is 1. The van der Waals surface area contributed by atoms with Crippen molar-refractivity contribution in [2.75, 3.05) is 13.1 Å². The van der Waals surface area contributed by atoms with Gasteiger partial charge in [-0.25, -0.2) is 13.6 Å². The number of fused-ring (bicyclic) bond motifs is 1. The summed E-state index contributed by atoms with van der Waals surface area (Å²) in [6.07, 6.45) is -0.757. The van der Waals surface area contributed by atoms with Crippen LogP contribution in [0.5, 0.6) is 0 Å². The minimum absolute atomic E-state index is 0.0153. The van der Waals surface area contributed by atoms with Crippen LogP contribution >= 0.6 is 0 Å². The van der Waals surface area contributed by atoms with Gasteiger partial charge < -0.3 is 14.7 Å². The molecule has 1 N–H and O–H groups in total. The van der Waals surface area contributed by atoms with Crippen LogP contribution in [0.1, 0.15) is 27.2 Å². The summed E-state index contributed by atoms with van der Waals surface area (Å²) in [5.41, 5.74) is -2.86. The van der Waals surface area contributed by atoms with E-state index in [-0.39, 0.29) is 13.0 Å². The zero-order chi connectivity index (χ0) is 14.6. The average molecular weight is 277 g/mol. The van der Waals surface area contributed by atoms with Crippen LogP contribution in [0.25, 0.3) is 0 Å². The summed E-state index contributed by atoms with van der Waals surface area (Å²) in [7, 11) is 0. The molecule has 0 aromatic heterocycles. The van der Waals surface area contributed by atoms with Crippen LogP contribution in [0.4, 0.5) is 13.6 Å². The number of likely N-dealkylation sites (tertiary alicyclic amines) is 1. The SMILES string of the molecule is CC(C)(C)OC(=O)N1CC[C@H]2C(F)(F)[C@@]2(C(=O)O)C1. The van der Waals surface area contributed by atoms with E-state index >= 15 is 0 Å². The van der Waals surface area contributed by atoms with E-state index in [2.05, 4.69) is 0 Å². The van der Waals surface area contributed by atoms with Gasteiger partial charge in [0.1, 0.15) is 5.60 Å². The standard InChI is InChI=1S/C12H17F2NO4/c1-10(2,3)19-9(18)15-5-4-7-11(6-15,8(16)17)12(7,13)14/h7H,4-6H2,1-3H3,(H,16,17)/t7-,11+/m1/s1. The largest absolute Gasteiger partial charge is 0.481 e. The summed E-state index contributed by atoms with van der Waals surface area (Å²) in [6, 6.07) is 0. The highest BCUT2D eigenvalue weighted by molar-refractivity contribution is 5.83. The molecule has 1 aliphatic carbocycles. The van der Waals surface area contributed by atoms with E-state index in [4.69, 9.17) is 9.84 Å². The third kappa shape index (κ3) is 1.95. The predicted molar refractivity (Wildman–Crippen MR) is 60.9 cm³/mol. The van der Waals surface area contributed by atoms with Crippen molar-refractivity contribution in [1.82, 2.24) is 4.90 Å². The van der Waals surface area contributed by atoms with E-state index in [1.165, 1.54) is 0 Å². The lowest BCUT2D eigenvalue weighted by Crippen LogP contribution is -2.46. The van der Waals surface area contributed by atoms with Gasteiger partial charge in [0.25, 0.3) is 5.92 Å². The number of hydrogen-bond donors (Lipinski definition) is 1. The van der Waals surface area contributed by atoms with Gasteiger partial charge in [0.05, 0.1) is 0 Å². The number of carbonyl (C=O) groups excluding carboxylic acids is 1. The highest BCUT2D eigenvalue weighted by Crippen LogP contribution is 2.69. The minimum atomic E-state index is -3.24. The molecule has 1 amide bonds. The molecule has 1 heterocycles. The van der Waals surface area contributed by atoms with Crippen LogP contribution in [0.3, 0.4) is 0 Å². The second kappa shape index (κ2) is 3.80. The van der Waals surface area contributed by atoms with Crippen molar-refractivity contribution in [2.45, 2.75) is 38.7 Å². The maximum absolute atomic E-state index is 13.6. The third-order valence-corrected chi connectivity index (χ3v) is 3.71. The number of piperidine rings is 1. The smallest absolute Gasteiger partial charge is 0.410 e. The molecule has 2 rings (SSSR count). The summed E-state index contributed by atoms with van der Waals surface area (Å²) in [6.45, 7) is 4.60. The lowest BCUT2D eigenvalue weighted by Gasteiger charge is -2.31. The van der Waals surface area contributed by atoms with E-state index in [1.807, 2.05) is 0 Å². The molecule has 108 valence electrons. The van der Waals surface area contributed by atoms with E-state index in [1.54, 1.807) is 20.8 Å². The predicted octanol–water partition coefficient (Wildman–Crippen LogP) is 1.96. The fourth-order valence-electron chi connectivity index (χ4n) is 2.68. The van der Waals surface area contributed by atoms with E-state index < -0.39 is 41.5 Å². The normalized spacial score (nSPS) is 32.5. The van der Waals surface area contributed by atoms with Crippen molar-refractivity contribution in [3.05, 3.63) is 0 Å². The van der Waals surface area contributed by atoms with Gasteiger partial charge in [0.2, 0.25) is 0 Å². The first-order chi connectivity index (χ1) is 8.52. The molecule has 0 spiro atoms. The summed E-state index contributed by atoms with van der Waals surface area (Å²) in [5.74, 6) is -5.96. The fraction of sp³-hybridized carbons (Fsp3) is 0.833. The molecular weight excluding hydrogens is 260 g/mol. The molecule has 0 unspecified atom stereocenters. The number of aliphatic carboxylic acids is 1. The Bertz CT molecular complexity index is 432. The van der Waals surface area contributed by atoms with Crippen LogP contribution in [0, 0.1) is 11.3 Å². The summed E-state index contributed by atoms with van der Waals surface area (Å²) >= 11 is 0. The number of ether oxygens (including phenoxy) is 1. The lowest BCUT2D eigenvalue weighted by atomic mass is 9.97. The first-order valence-corrected chi connectivity index (χ1v) is 6.11. The number of carboxylic acid groups (broad SMARTS) is 1. The van der Waals surface area contributed by atoms with Gasteiger partial charge in [0.15, 0.2) is 5.41 Å². The third-order valence-electron chi connectivity index (χ3n) is 3.71. The molecule has 0 aromatic carbocycles. The summed E-state index contributed by atoms with van der Waals surface area (Å²) < 4.78 is 32.3. The van der Waals surface area contributed by atoms with Crippen molar-refractivity contribution in [3.63, 3.8) is 0 Å². The Morgan fingerprint density at radius 2 is 1.95 bits per heavy atom. The number of carbonyl (C=O) groups is 2. The molecule has 1 saturated carbocycles. The number of amides is 1. The fourth-order valence-corrected chi connectivity index (χ4v) is 2.68. The molecule has 7 heteroatoms. The molecule has 1 aliphatic heterocycles. The Labute approximate surface area is 109 Å². The Morgan fingerprint density at radius 1 is 1.37 bits per heavy atom. The highest BCUT2D eigenvalue weighted by Gasteiger charge is 2.86. The van der Waals surface area contributed by atoms with Crippen molar-refractivity contribution in [2.24, 2.45) is 11.3 Å². The topological polar surface area (TPSA) is 66.8 Å². The van der Waals surface area contributed by atoms with Gasteiger partial charge >= 0.3 is 12.1 Å². The van der Waals surface area contributed by atoms with E-state index in [0.717, 1.165) is 4.90 Å². The van der Waals surface area contributed by atoms with Gasteiger partial charge in [-0.2, -0.15) is 0 Å². The zero-order valence-corrected chi connectivity index (χ0v) is 11.1. The molecule has 1 saturated heterocycles. The number of alkyl halides is 2. The quantitative estimate of drug-likeness (QED) is 0.795. The number of rotatable bonds is 1. The Morgan fingerprint density at radius 3 is 2.42 bits per heavy atom. The maximum atomic E-state index is 13.6. The first kappa shape index (κ1) is 14.0. The molecule has 0 aromatic rings. The van der Waals surface area contributed by atoms with Crippen LogP contribution in [0.15, 0.2) is 0 Å². The van der Waals surface area contributed by atoms with Crippen LogP contribution in [0.2, 0.25) is 0 Å². The van der Waals surface area contributed by atoms with Crippen molar-refractivity contribution >= 4 is 12.1 Å². The Balaban J connectivity index is 2.13. The Kier molecular flexibility index (Phi) is 2.80. The molecule has 2 aliphatic rings. The van der Waals surface area contributed by atoms with Crippen molar-refractivity contribution < 1.29 is 28.2 Å². The molecular formula is C12H17F2NO4. The molecule has 0 bridgehead atoms. The summed E-state index contributed by atoms with van der Waals surface area (Å²) in [4.78, 5) is 24.0. The van der Waals surface area contributed by atoms with Crippen LogP contribution in [-0.2, 0) is 9.53 Å². The highest BCUT2D eigenvalue weighted by atomic mass is 19.3. The lowest BCUT2D eigenvalue weighted by molar-refractivity contribution is -0.149. The molecule has 19 heavy (non-hydrogen) atoms. The maximum Gasteiger partial charge on any atom is 0.410 e. The molecule has 5 nitrogen and oxygen atoms in total. The molecule has 2 atom stereocenters. The monoisotopic (exact) mass is 277 g/mol. The van der Waals surface area contributed by atoms with Gasteiger partial charge in [-0.1, -0.05) is 0 Å². The van der Waals surface area contributed by atoms with Gasteiger partial charge in [-0.3, -0.25) is 4.79 Å². The van der Waals surface area contributed by atoms with Gasteiger partial charge in [0, 0.05) is 19.0 Å². The van der Waals surface area contributed by atoms with Gasteiger partial charge in [-0.15, -0.1) is 0 Å². The number of halogens is 2. The number of nitrogens with zero attached hydrogens (tertiary/aromatic N) is 1. The van der Waals surface area contributed by atoms with Crippen molar-refractivity contribution in [1.29, 1.82) is 0 Å². The Hall–Kier alpha value is -1.40. The van der Waals surface area contributed by atoms with Gasteiger partial charge in [-0.05, 0) is 27.2 Å². The summed E-state index contributed by atoms with van der Waals surface area (Å²) in [5, 5.41) is 9.05. The average Bonchev–Trinajstić information content (AvgIpc) is 2.75. The molecule has 0 radical (unpaired) electrons. The molecule has 2 fully saturated rings. The second-order valence-corrected chi connectivity index (χ2v) is 6.14. The van der Waals surface area contributed by atoms with E-state index in [9.17, 15) is 18.4 Å². The minimum Gasteiger partial charge on any atom is -0.481 e. The van der Waals surface area contributed by atoms with Crippen molar-refractivity contribution in [3.8, 4) is 0 Å². The second-order valence-electron chi connectivity index (χ2n) is 6.14. The van der Waals surface area contributed by atoms with Crippen LogP contribution < -0.4 is 0 Å². The van der Waals surface area contributed by atoms with Crippen LogP contribution in [-0.4, -0.2) is 46.7 Å².